The molecule has 0 spiro atoms. The van der Waals surface area contributed by atoms with Crippen LogP contribution in [0.5, 0.6) is 0 Å². The summed E-state index contributed by atoms with van der Waals surface area (Å²) in [4.78, 5) is 14.0. The zero-order chi connectivity index (χ0) is 13.8. The van der Waals surface area contributed by atoms with E-state index in [1.165, 1.54) is 0 Å². The van der Waals surface area contributed by atoms with Crippen molar-refractivity contribution in [3.05, 3.63) is 12.7 Å². The van der Waals surface area contributed by atoms with E-state index in [9.17, 15) is 4.79 Å². The van der Waals surface area contributed by atoms with Gasteiger partial charge in [0, 0.05) is 26.2 Å². The molecule has 1 amide bonds. The van der Waals surface area contributed by atoms with Crippen LogP contribution in [0.15, 0.2) is 12.7 Å². The number of carbonyl (C=O) groups excluding carboxylic acids is 1. The Labute approximate surface area is 109 Å². The zero-order valence-corrected chi connectivity index (χ0v) is 11.7. The third-order valence-corrected chi connectivity index (χ3v) is 3.06. The monoisotopic (exact) mass is 255 g/mol. The summed E-state index contributed by atoms with van der Waals surface area (Å²) in [6, 6.07) is 0. The lowest BCUT2D eigenvalue weighted by atomic mass is 9.91. The highest BCUT2D eigenvalue weighted by Gasteiger charge is 2.41. The summed E-state index contributed by atoms with van der Waals surface area (Å²) in [6.45, 7) is 11.8. The molecule has 0 aromatic rings. The molecule has 0 aromatic heterocycles. The summed E-state index contributed by atoms with van der Waals surface area (Å²) in [6.07, 6.45) is 2.17. The van der Waals surface area contributed by atoms with Crippen LogP contribution in [-0.4, -0.2) is 48.3 Å². The molecule has 0 saturated carbocycles. The van der Waals surface area contributed by atoms with E-state index in [1.807, 2.05) is 20.8 Å². The highest BCUT2D eigenvalue weighted by atomic mass is 16.6. The lowest BCUT2D eigenvalue weighted by Gasteiger charge is -2.46. The number of piperazine rings is 1. The van der Waals surface area contributed by atoms with Crippen LogP contribution in [0.25, 0.3) is 0 Å². The number of nitrogens with two attached hydrogens (primary N) is 1. The first-order valence-electron chi connectivity index (χ1n) is 6.37. The van der Waals surface area contributed by atoms with Crippen molar-refractivity contribution in [1.29, 1.82) is 0 Å². The number of hydrogen-bond acceptors (Lipinski definition) is 4. The van der Waals surface area contributed by atoms with E-state index in [0.29, 0.717) is 26.1 Å². The van der Waals surface area contributed by atoms with Gasteiger partial charge in [-0.15, -0.1) is 6.58 Å². The summed E-state index contributed by atoms with van der Waals surface area (Å²) in [5.74, 6) is 0. The first kappa shape index (κ1) is 15.0. The zero-order valence-electron chi connectivity index (χ0n) is 11.7. The largest absolute Gasteiger partial charge is 0.444 e. The van der Waals surface area contributed by atoms with E-state index in [-0.39, 0.29) is 6.09 Å². The van der Waals surface area contributed by atoms with Crippen LogP contribution in [0.3, 0.4) is 0 Å². The molecule has 1 rings (SSSR count). The molecule has 1 aliphatic rings. The Morgan fingerprint density at radius 1 is 1.61 bits per heavy atom. The molecule has 1 heterocycles. The third kappa shape index (κ3) is 3.46. The van der Waals surface area contributed by atoms with Crippen LogP contribution in [0, 0.1) is 0 Å². The molecule has 18 heavy (non-hydrogen) atoms. The Morgan fingerprint density at radius 3 is 2.78 bits per heavy atom. The molecule has 3 N–H and O–H groups in total. The number of amides is 1. The number of nitrogens with zero attached hydrogens (tertiary/aromatic N) is 1. The molecule has 1 fully saturated rings. The van der Waals surface area contributed by atoms with Gasteiger partial charge in [-0.1, -0.05) is 6.08 Å². The Kier molecular flexibility index (Phi) is 4.76. The van der Waals surface area contributed by atoms with Crippen molar-refractivity contribution in [1.82, 2.24) is 10.2 Å². The van der Waals surface area contributed by atoms with E-state index < -0.39 is 11.1 Å². The van der Waals surface area contributed by atoms with Gasteiger partial charge in [-0.05, 0) is 27.2 Å². The molecule has 1 atom stereocenters. The van der Waals surface area contributed by atoms with Crippen molar-refractivity contribution in [3.63, 3.8) is 0 Å². The maximum absolute atomic E-state index is 12.2. The summed E-state index contributed by atoms with van der Waals surface area (Å²) in [5.41, 5.74) is 4.98. The fourth-order valence-corrected chi connectivity index (χ4v) is 2.16. The Morgan fingerprint density at radius 2 is 2.28 bits per heavy atom. The van der Waals surface area contributed by atoms with Gasteiger partial charge in [0.05, 0.1) is 5.54 Å². The predicted octanol–water partition coefficient (Wildman–Crippen LogP) is 1.10. The molecule has 5 heteroatoms. The summed E-state index contributed by atoms with van der Waals surface area (Å²) >= 11 is 0. The molecule has 104 valence electrons. The Bertz CT molecular complexity index is 312. The molecule has 5 nitrogen and oxygen atoms in total. The van der Waals surface area contributed by atoms with Gasteiger partial charge in [-0.25, -0.2) is 4.79 Å². The second kappa shape index (κ2) is 5.71. The summed E-state index contributed by atoms with van der Waals surface area (Å²) in [5, 5.41) is 3.28. The van der Waals surface area contributed by atoms with Gasteiger partial charge in [0.15, 0.2) is 0 Å². The molecule has 1 saturated heterocycles. The van der Waals surface area contributed by atoms with Gasteiger partial charge in [0.1, 0.15) is 5.60 Å². The Balaban J connectivity index is 2.87. The molecule has 0 aliphatic carbocycles. The minimum atomic E-state index is -0.490. The number of ether oxygens (including phenoxy) is 1. The number of rotatable bonds is 3. The third-order valence-electron chi connectivity index (χ3n) is 3.06. The van der Waals surface area contributed by atoms with Crippen molar-refractivity contribution in [2.45, 2.75) is 38.3 Å². The topological polar surface area (TPSA) is 67.6 Å². The average molecular weight is 255 g/mol. The van der Waals surface area contributed by atoms with Crippen LogP contribution >= 0.6 is 0 Å². The van der Waals surface area contributed by atoms with Crippen LogP contribution < -0.4 is 11.1 Å². The second-order valence-corrected chi connectivity index (χ2v) is 5.73. The van der Waals surface area contributed by atoms with Gasteiger partial charge in [-0.3, -0.25) is 4.90 Å². The van der Waals surface area contributed by atoms with Gasteiger partial charge in [0.25, 0.3) is 0 Å². The highest BCUT2D eigenvalue weighted by molar-refractivity contribution is 5.69. The molecule has 1 aliphatic heterocycles. The van der Waals surface area contributed by atoms with Crippen molar-refractivity contribution in [2.24, 2.45) is 5.73 Å². The molecule has 0 radical (unpaired) electrons. The number of carbonyl (C=O) groups is 1. The van der Waals surface area contributed by atoms with Gasteiger partial charge in [-0.2, -0.15) is 0 Å². The first-order valence-corrected chi connectivity index (χ1v) is 6.37. The lowest BCUT2D eigenvalue weighted by molar-refractivity contribution is -0.00859. The van der Waals surface area contributed by atoms with Crippen molar-refractivity contribution < 1.29 is 9.53 Å². The summed E-state index contributed by atoms with van der Waals surface area (Å²) < 4.78 is 5.45. The molecular weight excluding hydrogens is 230 g/mol. The van der Waals surface area contributed by atoms with E-state index in [4.69, 9.17) is 10.5 Å². The molecular formula is C13H25N3O2. The number of nitrogens with one attached hydrogen (secondary N) is 1. The first-order chi connectivity index (χ1) is 8.34. The van der Waals surface area contributed by atoms with Crippen molar-refractivity contribution in [2.75, 3.05) is 26.2 Å². The fourth-order valence-electron chi connectivity index (χ4n) is 2.16. The normalized spacial score (nSPS) is 24.8. The van der Waals surface area contributed by atoms with Crippen LogP contribution in [0.1, 0.15) is 27.2 Å². The predicted molar refractivity (Wildman–Crippen MR) is 72.4 cm³/mol. The van der Waals surface area contributed by atoms with Crippen molar-refractivity contribution in [3.8, 4) is 0 Å². The molecule has 0 bridgehead atoms. The van der Waals surface area contributed by atoms with Crippen LogP contribution in [0.4, 0.5) is 4.79 Å². The minimum absolute atomic E-state index is 0.295. The van der Waals surface area contributed by atoms with E-state index in [0.717, 1.165) is 6.54 Å². The quantitative estimate of drug-likeness (QED) is 0.741. The van der Waals surface area contributed by atoms with E-state index in [1.54, 1.807) is 11.0 Å². The minimum Gasteiger partial charge on any atom is -0.444 e. The SMILES string of the molecule is C=CC[C@@]1(CN)CNCCN1C(=O)OC(C)(C)C. The maximum Gasteiger partial charge on any atom is 0.410 e. The van der Waals surface area contributed by atoms with Gasteiger partial charge in [0.2, 0.25) is 0 Å². The van der Waals surface area contributed by atoms with E-state index >= 15 is 0 Å². The summed E-state index contributed by atoms with van der Waals surface area (Å²) in [7, 11) is 0. The molecule has 0 unspecified atom stereocenters. The maximum atomic E-state index is 12.2. The fraction of sp³-hybridized carbons (Fsp3) is 0.769. The lowest BCUT2D eigenvalue weighted by Crippen LogP contribution is -2.66. The van der Waals surface area contributed by atoms with Crippen LogP contribution in [0.2, 0.25) is 0 Å². The van der Waals surface area contributed by atoms with Crippen molar-refractivity contribution >= 4 is 6.09 Å². The standard InChI is InChI=1S/C13H25N3O2/c1-5-6-13(9-14)10-15-7-8-16(13)11(17)18-12(2,3)4/h5,15H,1,6-10,14H2,2-4H3/t13-/m1/s1. The van der Waals surface area contributed by atoms with Gasteiger partial charge < -0.3 is 15.8 Å². The second-order valence-electron chi connectivity index (χ2n) is 5.73. The van der Waals surface area contributed by atoms with Crippen LogP contribution in [-0.2, 0) is 4.74 Å². The molecule has 0 aromatic carbocycles. The Hall–Kier alpha value is -1.07. The smallest absolute Gasteiger partial charge is 0.410 e. The average Bonchev–Trinajstić information content (AvgIpc) is 2.27. The van der Waals surface area contributed by atoms with Gasteiger partial charge >= 0.3 is 6.09 Å². The number of hydrogen-bond donors (Lipinski definition) is 2. The van der Waals surface area contributed by atoms with E-state index in [2.05, 4.69) is 11.9 Å². The highest BCUT2D eigenvalue weighted by Crippen LogP contribution is 2.24.